The van der Waals surface area contributed by atoms with Gasteiger partial charge in [0.05, 0.1) is 17.1 Å². The normalized spacial score (nSPS) is 15.8. The molecule has 0 N–H and O–H groups in total. The quantitative estimate of drug-likeness (QED) is 0.341. The Morgan fingerprint density at radius 3 is 2.74 bits per heavy atom. The van der Waals surface area contributed by atoms with Crippen molar-refractivity contribution in [1.82, 2.24) is 4.57 Å². The summed E-state index contributed by atoms with van der Waals surface area (Å²) in [5.41, 5.74) is 0.868. The highest BCUT2D eigenvalue weighted by Crippen LogP contribution is 2.46. The second kappa shape index (κ2) is 9.20. The van der Waals surface area contributed by atoms with Crippen LogP contribution in [0.3, 0.4) is 0 Å². The van der Waals surface area contributed by atoms with Gasteiger partial charge in [-0.1, -0.05) is 34.7 Å². The molecule has 0 spiro atoms. The van der Waals surface area contributed by atoms with E-state index >= 15 is 0 Å². The molecule has 0 unspecified atom stereocenters. The molecule has 5 rings (SSSR count). The minimum Gasteiger partial charge on any atom is -0.450 e. The summed E-state index contributed by atoms with van der Waals surface area (Å²) in [5, 5.41) is 4.11. The van der Waals surface area contributed by atoms with E-state index in [2.05, 4.69) is 0 Å². The van der Waals surface area contributed by atoms with E-state index in [4.69, 9.17) is 16.0 Å². The number of halogens is 4. The van der Waals surface area contributed by atoms with Gasteiger partial charge in [-0.25, -0.2) is 0 Å². The molecule has 0 aliphatic carbocycles. The Labute approximate surface area is 215 Å². The lowest BCUT2D eigenvalue weighted by Crippen LogP contribution is -2.36. The number of thiazole rings is 2. The lowest BCUT2D eigenvalue weighted by Gasteiger charge is -2.12. The lowest BCUT2D eigenvalue weighted by molar-refractivity contribution is -0.686. The molecule has 0 atom stereocenters. The fourth-order valence-electron chi connectivity index (χ4n) is 3.74. The average molecular weight is 557 g/mol. The number of hydrogen-bond donors (Lipinski definition) is 0. The number of nitrogens with zero attached hydrogens (tertiary/aromatic N) is 3. The Morgan fingerprint density at radius 1 is 1.23 bits per heavy atom. The second-order valence-electron chi connectivity index (χ2n) is 7.67. The molecule has 0 bridgehead atoms. The summed E-state index contributed by atoms with van der Waals surface area (Å²) in [6, 6.07) is 7.91. The summed E-state index contributed by atoms with van der Waals surface area (Å²) < 4.78 is 48.5. The molecule has 35 heavy (non-hydrogen) atoms. The Bertz CT molecular complexity index is 1600. The van der Waals surface area contributed by atoms with Crippen LogP contribution < -0.4 is 24.2 Å². The maximum Gasteiger partial charge on any atom is 0.449 e. The Morgan fingerprint density at radius 2 is 2.03 bits per heavy atom. The van der Waals surface area contributed by atoms with E-state index in [0.717, 1.165) is 31.3 Å². The number of hydrogen-bond acceptors (Lipinski definition) is 6. The monoisotopic (exact) mass is 556 g/mol. The molecular formula is C23H18ClF3N3O2S3+. The van der Waals surface area contributed by atoms with E-state index in [1.54, 1.807) is 15.3 Å². The minimum absolute atomic E-state index is 0.0824. The van der Waals surface area contributed by atoms with Crippen molar-refractivity contribution in [1.29, 1.82) is 0 Å². The van der Waals surface area contributed by atoms with Crippen LogP contribution in [0.2, 0.25) is 5.02 Å². The number of fused-ring (bicyclic) bond motifs is 1. The van der Waals surface area contributed by atoms with Crippen LogP contribution in [0.25, 0.3) is 11.1 Å². The topological polar surface area (TPSA) is 42.3 Å². The van der Waals surface area contributed by atoms with Gasteiger partial charge in [-0.05, 0) is 37.3 Å². The number of furan rings is 1. The summed E-state index contributed by atoms with van der Waals surface area (Å²) >= 11 is 10.5. The molecule has 182 valence electrons. The number of thioether (sulfide) groups is 1. The third-order valence-electron chi connectivity index (χ3n) is 5.44. The molecule has 5 nitrogen and oxygen atoms in total. The van der Waals surface area contributed by atoms with Gasteiger partial charge in [0.15, 0.2) is 12.0 Å². The predicted octanol–water partition coefficient (Wildman–Crippen LogP) is 4.73. The van der Waals surface area contributed by atoms with Gasteiger partial charge in [-0.3, -0.25) is 9.36 Å². The molecular weight excluding hydrogens is 539 g/mol. The first-order chi connectivity index (χ1) is 16.7. The van der Waals surface area contributed by atoms with Crippen LogP contribution in [0, 0.1) is 0 Å². The van der Waals surface area contributed by atoms with Crippen molar-refractivity contribution in [2.75, 3.05) is 11.9 Å². The summed E-state index contributed by atoms with van der Waals surface area (Å²) in [7, 11) is 1.91. The number of benzene rings is 1. The van der Waals surface area contributed by atoms with E-state index in [9.17, 15) is 18.0 Å². The molecule has 1 aromatic carbocycles. The van der Waals surface area contributed by atoms with Crippen LogP contribution in [0.5, 0.6) is 0 Å². The van der Waals surface area contributed by atoms with Gasteiger partial charge in [0.1, 0.15) is 14.2 Å². The Balaban J connectivity index is 1.55. The van der Waals surface area contributed by atoms with Gasteiger partial charge in [0.25, 0.3) is 10.6 Å². The largest absolute Gasteiger partial charge is 0.450 e. The number of alkyl halides is 3. The first-order valence-corrected chi connectivity index (χ1v) is 13.3. The van der Waals surface area contributed by atoms with Crippen LogP contribution >= 0.6 is 46.0 Å². The van der Waals surface area contributed by atoms with Crippen LogP contribution in [-0.4, -0.2) is 11.6 Å². The van der Waals surface area contributed by atoms with Crippen molar-refractivity contribution >= 4 is 62.8 Å². The van der Waals surface area contributed by atoms with Crippen molar-refractivity contribution in [3.63, 3.8) is 0 Å². The molecule has 12 heteroatoms. The van der Waals surface area contributed by atoms with Crippen LogP contribution in [-0.2, 0) is 19.3 Å². The Hall–Kier alpha value is -2.47. The van der Waals surface area contributed by atoms with Crippen molar-refractivity contribution in [2.24, 2.45) is 0 Å². The number of aromatic nitrogens is 2. The van der Waals surface area contributed by atoms with Crippen LogP contribution in [0.1, 0.15) is 23.5 Å². The molecule has 1 aliphatic rings. The fraction of sp³-hybridized carbons (Fsp3) is 0.217. The molecule has 3 aromatic heterocycles. The van der Waals surface area contributed by atoms with Crippen molar-refractivity contribution in [3.05, 3.63) is 83.0 Å². The van der Waals surface area contributed by atoms with E-state index in [0.29, 0.717) is 16.1 Å². The smallest absolute Gasteiger partial charge is 0.449 e. The Kier molecular flexibility index (Phi) is 6.37. The fourth-order valence-corrected chi connectivity index (χ4v) is 7.20. The minimum atomic E-state index is -4.52. The van der Waals surface area contributed by atoms with Crippen molar-refractivity contribution in [3.8, 4) is 0 Å². The maximum atomic E-state index is 13.3. The first-order valence-electron chi connectivity index (χ1n) is 10.5. The van der Waals surface area contributed by atoms with E-state index in [1.165, 1.54) is 40.5 Å². The number of rotatable bonds is 4. The van der Waals surface area contributed by atoms with Crippen LogP contribution in [0.4, 0.5) is 18.9 Å². The zero-order valence-corrected chi connectivity index (χ0v) is 21.6. The molecule has 4 heterocycles. The van der Waals surface area contributed by atoms with E-state index in [-0.39, 0.29) is 17.9 Å². The van der Waals surface area contributed by atoms with Gasteiger partial charge in [0.2, 0.25) is 12.3 Å². The zero-order chi connectivity index (χ0) is 24.9. The zero-order valence-electron chi connectivity index (χ0n) is 18.4. The second-order valence-corrected chi connectivity index (χ2v) is 11.1. The highest BCUT2D eigenvalue weighted by Gasteiger charge is 2.35. The number of anilines is 1. The average Bonchev–Trinajstić information content (AvgIpc) is 3.57. The first kappa shape index (κ1) is 24.2. The van der Waals surface area contributed by atoms with Gasteiger partial charge in [-0.2, -0.15) is 17.7 Å². The van der Waals surface area contributed by atoms with Gasteiger partial charge < -0.3 is 9.32 Å². The molecule has 0 saturated heterocycles. The van der Waals surface area contributed by atoms with E-state index in [1.807, 2.05) is 48.5 Å². The highest BCUT2D eigenvalue weighted by atomic mass is 35.5. The summed E-state index contributed by atoms with van der Waals surface area (Å²) in [6.45, 7) is 2.54. The van der Waals surface area contributed by atoms with Gasteiger partial charge >= 0.3 is 6.18 Å². The SMILES string of the molecule is CCn1c(=Cc2scc[n+]2Cc2ccc(C(F)(F)F)o2)sc(=C2Sc3ccc(Cl)cc3N2C)c1=O. The van der Waals surface area contributed by atoms with Crippen molar-refractivity contribution in [2.45, 2.75) is 31.1 Å². The molecule has 1 aliphatic heterocycles. The maximum absolute atomic E-state index is 13.3. The standard InChI is InChI=1S/C23H18ClF3N3O2S3/c1-3-30-19(11-18-29(8-9-33-18)12-14-5-7-17(32-14)23(25,26)27)35-20(21(30)31)22-28(2)15-10-13(24)4-6-16(15)34-22/h4-11H,3,12H2,1-2H3/q+1. The third kappa shape index (κ3) is 4.57. The summed E-state index contributed by atoms with van der Waals surface area (Å²) in [5.74, 6) is -0.819. The third-order valence-corrected chi connectivity index (χ3v) is 9.01. The molecule has 0 saturated carbocycles. The summed E-state index contributed by atoms with van der Waals surface area (Å²) in [6.07, 6.45) is -0.850. The predicted molar refractivity (Wildman–Crippen MR) is 134 cm³/mol. The van der Waals surface area contributed by atoms with Crippen LogP contribution in [0.15, 0.2) is 56.0 Å². The molecule has 0 radical (unpaired) electrons. The molecule has 0 amide bonds. The highest BCUT2D eigenvalue weighted by molar-refractivity contribution is 8.08. The lowest BCUT2D eigenvalue weighted by atomic mass is 10.3. The van der Waals surface area contributed by atoms with Gasteiger partial charge in [-0.15, -0.1) is 11.3 Å². The van der Waals surface area contributed by atoms with Gasteiger partial charge in [0, 0.05) is 23.5 Å². The summed E-state index contributed by atoms with van der Waals surface area (Å²) in [4.78, 5) is 16.3. The van der Waals surface area contributed by atoms with E-state index < -0.39 is 11.9 Å². The molecule has 0 fully saturated rings. The molecule has 4 aromatic rings. The van der Waals surface area contributed by atoms with Crippen molar-refractivity contribution < 1.29 is 22.2 Å².